The number of aliphatic hydroxyl groups excluding tert-OH is 1. The number of rotatable bonds is 5. The Kier molecular flexibility index (Phi) is 4.20. The van der Waals surface area contributed by atoms with Gasteiger partial charge in [-0.2, -0.15) is 16.3 Å². The largest absolute Gasteiger partial charge is 0.392 e. The van der Waals surface area contributed by atoms with Crippen molar-refractivity contribution in [2.24, 2.45) is 0 Å². The van der Waals surface area contributed by atoms with Crippen LogP contribution in [0.5, 0.6) is 0 Å². The Balaban J connectivity index is 1.95. The summed E-state index contributed by atoms with van der Waals surface area (Å²) in [5.41, 5.74) is 0.960. The third-order valence-electron chi connectivity index (χ3n) is 2.39. The number of aliphatic hydroxyl groups is 1. The Morgan fingerprint density at radius 1 is 1.53 bits per heavy atom. The lowest BCUT2D eigenvalue weighted by Gasteiger charge is -2.11. The first kappa shape index (κ1) is 12.6. The molecule has 2 rings (SSSR count). The van der Waals surface area contributed by atoms with E-state index in [1.165, 1.54) is 0 Å². The van der Waals surface area contributed by atoms with Crippen LogP contribution in [0.3, 0.4) is 0 Å². The van der Waals surface area contributed by atoms with E-state index in [0.29, 0.717) is 17.5 Å². The molecule has 2 unspecified atom stereocenters. The Morgan fingerprint density at radius 3 is 3.00 bits per heavy atom. The highest BCUT2D eigenvalue weighted by Crippen LogP contribution is 2.23. The molecule has 0 radical (unpaired) electrons. The van der Waals surface area contributed by atoms with E-state index in [9.17, 15) is 5.11 Å². The molecule has 2 atom stereocenters. The van der Waals surface area contributed by atoms with Crippen LogP contribution >= 0.6 is 23.1 Å². The standard InChI is InChI=1S/C11H14N2O2S2/c1-7(14)8(2)17-6-10-12-11(15-13-10)9-3-4-16-5-9/h3-5,7-8,14H,6H2,1-2H3. The molecular formula is C11H14N2O2S2. The van der Waals surface area contributed by atoms with Crippen molar-refractivity contribution in [2.75, 3.05) is 0 Å². The van der Waals surface area contributed by atoms with Gasteiger partial charge in [0, 0.05) is 10.6 Å². The van der Waals surface area contributed by atoms with Gasteiger partial charge in [-0.25, -0.2) is 0 Å². The van der Waals surface area contributed by atoms with Crippen molar-refractivity contribution in [3.63, 3.8) is 0 Å². The first-order valence-electron chi connectivity index (χ1n) is 5.31. The number of hydrogen-bond acceptors (Lipinski definition) is 6. The highest BCUT2D eigenvalue weighted by molar-refractivity contribution is 7.99. The number of thioether (sulfide) groups is 1. The summed E-state index contributed by atoms with van der Waals surface area (Å²) in [6, 6.07) is 1.95. The topological polar surface area (TPSA) is 59.2 Å². The molecule has 0 fully saturated rings. The van der Waals surface area contributed by atoms with Gasteiger partial charge < -0.3 is 9.63 Å². The second kappa shape index (κ2) is 5.66. The van der Waals surface area contributed by atoms with Crippen LogP contribution in [-0.2, 0) is 5.75 Å². The van der Waals surface area contributed by atoms with Crippen LogP contribution in [0.2, 0.25) is 0 Å². The van der Waals surface area contributed by atoms with Crippen LogP contribution < -0.4 is 0 Å². The second-order valence-corrected chi connectivity index (χ2v) is 5.93. The predicted molar refractivity (Wildman–Crippen MR) is 70.0 cm³/mol. The number of aromatic nitrogens is 2. The summed E-state index contributed by atoms with van der Waals surface area (Å²) in [6.07, 6.45) is -0.330. The molecule has 17 heavy (non-hydrogen) atoms. The minimum atomic E-state index is -0.330. The smallest absolute Gasteiger partial charge is 0.258 e. The molecule has 1 N–H and O–H groups in total. The van der Waals surface area contributed by atoms with Gasteiger partial charge in [0.1, 0.15) is 0 Å². The van der Waals surface area contributed by atoms with Gasteiger partial charge in [-0.3, -0.25) is 0 Å². The normalized spacial score (nSPS) is 14.8. The fourth-order valence-electron chi connectivity index (χ4n) is 1.16. The molecule has 92 valence electrons. The van der Waals surface area contributed by atoms with Crippen molar-refractivity contribution in [3.05, 3.63) is 22.7 Å². The van der Waals surface area contributed by atoms with Crippen LogP contribution in [0.15, 0.2) is 21.3 Å². The van der Waals surface area contributed by atoms with Gasteiger partial charge in [0.05, 0.1) is 17.4 Å². The van der Waals surface area contributed by atoms with Crippen LogP contribution in [0.4, 0.5) is 0 Å². The molecule has 0 spiro atoms. The predicted octanol–water partition coefficient (Wildman–Crippen LogP) is 2.80. The summed E-state index contributed by atoms with van der Waals surface area (Å²) in [5, 5.41) is 17.4. The van der Waals surface area contributed by atoms with E-state index in [-0.39, 0.29) is 11.4 Å². The first-order chi connectivity index (χ1) is 8.16. The van der Waals surface area contributed by atoms with Gasteiger partial charge in [-0.1, -0.05) is 12.1 Å². The van der Waals surface area contributed by atoms with Gasteiger partial charge >= 0.3 is 0 Å². The van der Waals surface area contributed by atoms with Gasteiger partial charge in [0.15, 0.2) is 5.82 Å². The number of hydrogen-bond donors (Lipinski definition) is 1. The zero-order valence-corrected chi connectivity index (χ0v) is 11.3. The minimum Gasteiger partial charge on any atom is -0.392 e. The van der Waals surface area contributed by atoms with Crippen LogP contribution in [0.1, 0.15) is 19.7 Å². The van der Waals surface area contributed by atoms with E-state index in [1.54, 1.807) is 30.0 Å². The summed E-state index contributed by atoms with van der Waals surface area (Å²) >= 11 is 3.22. The van der Waals surface area contributed by atoms with Gasteiger partial charge in [-0.15, -0.1) is 11.8 Å². The van der Waals surface area contributed by atoms with Crippen LogP contribution in [0.25, 0.3) is 11.5 Å². The van der Waals surface area contributed by atoms with Crippen LogP contribution in [-0.4, -0.2) is 26.6 Å². The fraction of sp³-hybridized carbons (Fsp3) is 0.455. The minimum absolute atomic E-state index is 0.165. The SMILES string of the molecule is CC(O)C(C)SCc1noc(-c2ccsc2)n1. The summed E-state index contributed by atoms with van der Waals surface area (Å²) in [4.78, 5) is 4.31. The molecule has 0 aliphatic heterocycles. The average molecular weight is 270 g/mol. The lowest BCUT2D eigenvalue weighted by Crippen LogP contribution is -2.15. The zero-order chi connectivity index (χ0) is 12.3. The maximum atomic E-state index is 9.37. The van der Waals surface area contributed by atoms with Crippen molar-refractivity contribution in [3.8, 4) is 11.5 Å². The molecule has 0 aromatic carbocycles. The van der Waals surface area contributed by atoms with E-state index in [2.05, 4.69) is 10.1 Å². The third-order valence-corrected chi connectivity index (χ3v) is 4.42. The maximum Gasteiger partial charge on any atom is 0.258 e. The van der Waals surface area contributed by atoms with Gasteiger partial charge in [0.2, 0.25) is 0 Å². The molecule has 0 aliphatic rings. The monoisotopic (exact) mass is 270 g/mol. The molecular weight excluding hydrogens is 256 g/mol. The lowest BCUT2D eigenvalue weighted by atomic mass is 10.3. The van der Waals surface area contributed by atoms with Crippen molar-refractivity contribution < 1.29 is 9.63 Å². The fourth-order valence-corrected chi connectivity index (χ4v) is 2.60. The highest BCUT2D eigenvalue weighted by atomic mass is 32.2. The lowest BCUT2D eigenvalue weighted by molar-refractivity contribution is 0.196. The van der Waals surface area contributed by atoms with E-state index in [1.807, 2.05) is 23.8 Å². The third kappa shape index (κ3) is 3.31. The summed E-state index contributed by atoms with van der Waals surface area (Å²) < 4.78 is 5.17. The van der Waals surface area contributed by atoms with E-state index >= 15 is 0 Å². The van der Waals surface area contributed by atoms with Crippen molar-refractivity contribution in [2.45, 2.75) is 31.0 Å². The van der Waals surface area contributed by atoms with E-state index < -0.39 is 0 Å². The van der Waals surface area contributed by atoms with Gasteiger partial charge in [0.25, 0.3) is 5.89 Å². The Morgan fingerprint density at radius 2 is 2.35 bits per heavy atom. The maximum absolute atomic E-state index is 9.37. The highest BCUT2D eigenvalue weighted by Gasteiger charge is 2.13. The summed E-state index contributed by atoms with van der Waals surface area (Å²) in [7, 11) is 0. The first-order valence-corrected chi connectivity index (χ1v) is 7.31. The van der Waals surface area contributed by atoms with Crippen molar-refractivity contribution in [1.29, 1.82) is 0 Å². The molecule has 6 heteroatoms. The number of nitrogens with zero attached hydrogens (tertiary/aromatic N) is 2. The van der Waals surface area contributed by atoms with Gasteiger partial charge in [-0.05, 0) is 18.4 Å². The zero-order valence-electron chi connectivity index (χ0n) is 9.66. The Hall–Kier alpha value is -0.850. The second-order valence-electron chi connectivity index (χ2n) is 3.78. The molecule has 4 nitrogen and oxygen atoms in total. The molecule has 2 aromatic rings. The molecule has 0 bridgehead atoms. The molecule has 0 saturated carbocycles. The van der Waals surface area contributed by atoms with E-state index in [0.717, 1.165) is 5.56 Å². The summed E-state index contributed by atoms with van der Waals surface area (Å²) in [6.45, 7) is 3.76. The average Bonchev–Trinajstić information content (AvgIpc) is 2.95. The number of thiophene rings is 1. The quantitative estimate of drug-likeness (QED) is 0.905. The van der Waals surface area contributed by atoms with Crippen molar-refractivity contribution in [1.82, 2.24) is 10.1 Å². The molecule has 2 heterocycles. The molecule has 0 amide bonds. The van der Waals surface area contributed by atoms with E-state index in [4.69, 9.17) is 4.52 Å². The Bertz CT molecular complexity index is 454. The van der Waals surface area contributed by atoms with Crippen molar-refractivity contribution >= 4 is 23.1 Å². The summed E-state index contributed by atoms with van der Waals surface area (Å²) in [5.74, 6) is 1.88. The Labute approximate surface area is 108 Å². The molecule has 2 aromatic heterocycles. The molecule has 0 saturated heterocycles. The molecule has 0 aliphatic carbocycles. The van der Waals surface area contributed by atoms with Crippen LogP contribution in [0, 0.1) is 0 Å².